The summed E-state index contributed by atoms with van der Waals surface area (Å²) in [7, 11) is 1.71. The van der Waals surface area contributed by atoms with Gasteiger partial charge in [0.05, 0.1) is 30.2 Å². The number of aromatic nitrogens is 3. The lowest BCUT2D eigenvalue weighted by Crippen LogP contribution is -2.18. The van der Waals surface area contributed by atoms with Crippen LogP contribution in [0.25, 0.3) is 22.2 Å². The fraction of sp³-hybridized carbons (Fsp3) is 0.296. The van der Waals surface area contributed by atoms with E-state index in [9.17, 15) is 14.9 Å². The van der Waals surface area contributed by atoms with Gasteiger partial charge in [-0.15, -0.1) is 5.10 Å². The van der Waals surface area contributed by atoms with Crippen LogP contribution in [0.2, 0.25) is 0 Å². The lowest BCUT2D eigenvalue weighted by Gasteiger charge is -2.13. The summed E-state index contributed by atoms with van der Waals surface area (Å²) in [6.07, 6.45) is 1.53. The van der Waals surface area contributed by atoms with Gasteiger partial charge in [0, 0.05) is 34.7 Å². The van der Waals surface area contributed by atoms with Crippen molar-refractivity contribution in [3.63, 3.8) is 0 Å². The normalized spacial score (nSPS) is 11.9. The van der Waals surface area contributed by atoms with Gasteiger partial charge in [0.1, 0.15) is 6.61 Å². The van der Waals surface area contributed by atoms with Crippen LogP contribution in [-0.2, 0) is 23.2 Å². The van der Waals surface area contributed by atoms with E-state index in [1.165, 1.54) is 4.68 Å². The summed E-state index contributed by atoms with van der Waals surface area (Å²) >= 11 is 0. The highest BCUT2D eigenvalue weighted by Crippen LogP contribution is 2.30. The highest BCUT2D eigenvalue weighted by Gasteiger charge is 2.28. The predicted molar refractivity (Wildman–Crippen MR) is 135 cm³/mol. The SMILES string of the molecule is CCOC(=O)CC(C[N+](=O)[O-])c1cn(C)nc1OCc1ccc(-c2nc3ccccc3cc2C)cc1. The number of para-hydroxylation sites is 1. The number of hydrogen-bond acceptors (Lipinski definition) is 7. The molecule has 4 aromatic rings. The summed E-state index contributed by atoms with van der Waals surface area (Å²) in [5.74, 6) is -0.927. The molecule has 36 heavy (non-hydrogen) atoms. The third-order valence-corrected chi connectivity index (χ3v) is 5.87. The molecular formula is C27H28N4O5. The summed E-state index contributed by atoms with van der Waals surface area (Å²) in [6, 6.07) is 18.1. The standard InChI is InChI=1S/C27H28N4O5/c1-4-35-25(32)14-22(15-31(33)34)23-16-30(3)29-27(23)36-17-19-9-11-20(12-10-19)26-18(2)13-21-7-5-6-8-24(21)28-26/h5-13,16,22H,4,14-15,17H2,1-3H3. The maximum absolute atomic E-state index is 12.0. The minimum absolute atomic E-state index is 0.121. The van der Waals surface area contributed by atoms with Crippen molar-refractivity contribution < 1.29 is 19.2 Å². The Kier molecular flexibility index (Phi) is 7.58. The molecule has 0 saturated carbocycles. The van der Waals surface area contributed by atoms with Crippen molar-refractivity contribution in [1.29, 1.82) is 0 Å². The predicted octanol–water partition coefficient (Wildman–Crippen LogP) is 4.84. The molecule has 2 aromatic heterocycles. The molecule has 1 atom stereocenters. The van der Waals surface area contributed by atoms with Crippen LogP contribution in [0, 0.1) is 17.0 Å². The topological polar surface area (TPSA) is 109 Å². The smallest absolute Gasteiger partial charge is 0.306 e. The van der Waals surface area contributed by atoms with E-state index in [4.69, 9.17) is 14.5 Å². The maximum atomic E-state index is 12.0. The Morgan fingerprint density at radius 1 is 1.17 bits per heavy atom. The second-order valence-corrected chi connectivity index (χ2v) is 8.62. The lowest BCUT2D eigenvalue weighted by atomic mass is 9.98. The van der Waals surface area contributed by atoms with Gasteiger partial charge in [-0.2, -0.15) is 0 Å². The van der Waals surface area contributed by atoms with Crippen molar-refractivity contribution in [3.8, 4) is 17.1 Å². The first kappa shape index (κ1) is 24.8. The summed E-state index contributed by atoms with van der Waals surface area (Å²) < 4.78 is 12.5. The molecule has 2 aromatic carbocycles. The van der Waals surface area contributed by atoms with E-state index >= 15 is 0 Å². The monoisotopic (exact) mass is 488 g/mol. The van der Waals surface area contributed by atoms with Crippen molar-refractivity contribution in [2.75, 3.05) is 13.2 Å². The molecule has 0 aliphatic carbocycles. The number of pyridine rings is 1. The number of ether oxygens (including phenoxy) is 2. The molecule has 0 radical (unpaired) electrons. The Bertz CT molecular complexity index is 1380. The van der Waals surface area contributed by atoms with Crippen LogP contribution >= 0.6 is 0 Å². The molecule has 0 aliphatic heterocycles. The lowest BCUT2D eigenvalue weighted by molar-refractivity contribution is -0.483. The molecule has 186 valence electrons. The van der Waals surface area contributed by atoms with E-state index in [2.05, 4.69) is 11.2 Å². The van der Waals surface area contributed by atoms with Crippen LogP contribution in [0.1, 0.15) is 36.0 Å². The molecule has 2 heterocycles. The Morgan fingerprint density at radius 3 is 2.64 bits per heavy atom. The van der Waals surface area contributed by atoms with Crippen molar-refractivity contribution in [2.45, 2.75) is 32.8 Å². The summed E-state index contributed by atoms with van der Waals surface area (Å²) in [5, 5.41) is 16.7. The van der Waals surface area contributed by atoms with E-state index in [-0.39, 0.29) is 25.5 Å². The molecule has 9 nitrogen and oxygen atoms in total. The average molecular weight is 489 g/mol. The van der Waals surface area contributed by atoms with Crippen molar-refractivity contribution >= 4 is 16.9 Å². The van der Waals surface area contributed by atoms with Gasteiger partial charge in [-0.1, -0.05) is 42.5 Å². The number of rotatable bonds is 10. The second-order valence-electron chi connectivity index (χ2n) is 8.62. The van der Waals surface area contributed by atoms with Crippen LogP contribution in [0.4, 0.5) is 0 Å². The number of benzene rings is 2. The first-order valence-corrected chi connectivity index (χ1v) is 11.7. The Labute approximate surface area is 208 Å². The van der Waals surface area contributed by atoms with Gasteiger partial charge in [0.25, 0.3) is 0 Å². The highest BCUT2D eigenvalue weighted by atomic mass is 16.6. The van der Waals surface area contributed by atoms with E-state index in [1.54, 1.807) is 20.2 Å². The van der Waals surface area contributed by atoms with Gasteiger partial charge in [-0.3, -0.25) is 19.6 Å². The van der Waals surface area contributed by atoms with Gasteiger partial charge >= 0.3 is 5.97 Å². The Hall–Kier alpha value is -4.27. The van der Waals surface area contributed by atoms with E-state index in [0.717, 1.165) is 33.3 Å². The summed E-state index contributed by atoms with van der Waals surface area (Å²) in [5.41, 5.74) is 5.38. The first-order valence-electron chi connectivity index (χ1n) is 11.7. The van der Waals surface area contributed by atoms with Crippen LogP contribution in [-0.4, -0.2) is 38.8 Å². The van der Waals surface area contributed by atoms with Crippen LogP contribution in [0.3, 0.4) is 0 Å². The van der Waals surface area contributed by atoms with Gasteiger partial charge < -0.3 is 9.47 Å². The van der Waals surface area contributed by atoms with Gasteiger partial charge in [-0.25, -0.2) is 4.98 Å². The fourth-order valence-electron chi connectivity index (χ4n) is 4.18. The van der Waals surface area contributed by atoms with Crippen LogP contribution in [0.15, 0.2) is 60.8 Å². The van der Waals surface area contributed by atoms with E-state index in [0.29, 0.717) is 5.56 Å². The molecule has 0 spiro atoms. The van der Waals surface area contributed by atoms with Crippen LogP contribution < -0.4 is 4.74 Å². The molecule has 1 unspecified atom stereocenters. The van der Waals surface area contributed by atoms with Crippen LogP contribution in [0.5, 0.6) is 5.88 Å². The number of hydrogen-bond donors (Lipinski definition) is 0. The first-order chi connectivity index (χ1) is 17.3. The third kappa shape index (κ3) is 5.86. The molecule has 4 rings (SSSR count). The van der Waals surface area contributed by atoms with Gasteiger partial charge in [0.2, 0.25) is 12.4 Å². The Morgan fingerprint density at radius 2 is 1.92 bits per heavy atom. The number of esters is 1. The fourth-order valence-corrected chi connectivity index (χ4v) is 4.18. The average Bonchev–Trinajstić information content (AvgIpc) is 3.22. The second kappa shape index (κ2) is 11.0. The zero-order valence-electron chi connectivity index (χ0n) is 20.5. The van der Waals surface area contributed by atoms with Gasteiger partial charge in [-0.05, 0) is 37.1 Å². The summed E-state index contributed by atoms with van der Waals surface area (Å²) in [6.45, 7) is 3.76. The third-order valence-electron chi connectivity index (χ3n) is 5.87. The number of carbonyl (C=O) groups excluding carboxylic acids is 1. The minimum Gasteiger partial charge on any atom is -0.472 e. The number of carbonyl (C=O) groups is 1. The molecule has 0 saturated heterocycles. The zero-order valence-corrected chi connectivity index (χ0v) is 20.5. The van der Waals surface area contributed by atoms with Gasteiger partial charge in [0.15, 0.2) is 0 Å². The number of nitrogens with zero attached hydrogens (tertiary/aromatic N) is 4. The largest absolute Gasteiger partial charge is 0.472 e. The van der Waals surface area contributed by atoms with E-state index in [1.807, 2.05) is 55.5 Å². The number of nitro groups is 1. The number of aryl methyl sites for hydroxylation is 2. The maximum Gasteiger partial charge on any atom is 0.306 e. The molecule has 0 N–H and O–H groups in total. The molecular weight excluding hydrogens is 460 g/mol. The highest BCUT2D eigenvalue weighted by molar-refractivity contribution is 5.83. The number of fused-ring (bicyclic) bond motifs is 1. The quantitative estimate of drug-likeness (QED) is 0.179. The van der Waals surface area contributed by atoms with Crippen molar-refractivity contribution in [3.05, 3.63) is 87.6 Å². The minimum atomic E-state index is -0.702. The van der Waals surface area contributed by atoms with Crippen molar-refractivity contribution in [1.82, 2.24) is 14.8 Å². The van der Waals surface area contributed by atoms with Crippen molar-refractivity contribution in [2.24, 2.45) is 7.05 Å². The van der Waals surface area contributed by atoms with E-state index < -0.39 is 23.4 Å². The zero-order chi connectivity index (χ0) is 25.7. The molecule has 9 heteroatoms. The molecule has 0 aliphatic rings. The Balaban J connectivity index is 1.50. The molecule has 0 fully saturated rings. The molecule has 0 amide bonds. The molecule has 0 bridgehead atoms. The summed E-state index contributed by atoms with van der Waals surface area (Å²) in [4.78, 5) is 27.7.